The summed E-state index contributed by atoms with van der Waals surface area (Å²) in [7, 11) is 3.81. The third kappa shape index (κ3) is 4.44. The molecule has 3 aromatic rings. The number of carbonyl (C=O) groups is 1. The van der Waals surface area contributed by atoms with E-state index >= 15 is 0 Å². The van der Waals surface area contributed by atoms with Gasteiger partial charge in [0.25, 0.3) is 5.91 Å². The van der Waals surface area contributed by atoms with Gasteiger partial charge in [0.15, 0.2) is 0 Å². The molecule has 3 heterocycles. The summed E-state index contributed by atoms with van der Waals surface area (Å²) < 4.78 is 13.5. The highest BCUT2D eigenvalue weighted by Crippen LogP contribution is 2.35. The van der Waals surface area contributed by atoms with E-state index in [-0.39, 0.29) is 17.6 Å². The molecule has 0 N–H and O–H groups in total. The largest absolute Gasteiger partial charge is 0.347 e. The average molecular weight is 440 g/mol. The summed E-state index contributed by atoms with van der Waals surface area (Å²) in [6.45, 7) is 5.13. The second kappa shape index (κ2) is 8.70. The van der Waals surface area contributed by atoms with Crippen molar-refractivity contribution in [2.75, 3.05) is 32.1 Å². The van der Waals surface area contributed by atoms with Crippen molar-refractivity contribution >= 4 is 23.2 Å². The van der Waals surface area contributed by atoms with Crippen molar-refractivity contribution in [3.8, 4) is 11.1 Å². The van der Waals surface area contributed by atoms with Gasteiger partial charge in [0.05, 0.1) is 16.4 Å². The monoisotopic (exact) mass is 439 g/mol. The van der Waals surface area contributed by atoms with E-state index in [9.17, 15) is 9.18 Å². The molecular weight excluding hydrogens is 413 g/mol. The van der Waals surface area contributed by atoms with Crippen molar-refractivity contribution in [2.24, 2.45) is 0 Å². The average Bonchev–Trinajstić information content (AvgIpc) is 3.11. The molecule has 1 saturated heterocycles. The third-order valence-electron chi connectivity index (χ3n) is 5.55. The van der Waals surface area contributed by atoms with Crippen LogP contribution >= 0.6 is 11.3 Å². The van der Waals surface area contributed by atoms with Crippen LogP contribution < -0.4 is 4.90 Å². The van der Waals surface area contributed by atoms with E-state index < -0.39 is 0 Å². The molecule has 2 aromatic heterocycles. The highest BCUT2D eigenvalue weighted by Gasteiger charge is 2.30. The van der Waals surface area contributed by atoms with Crippen molar-refractivity contribution in [1.29, 1.82) is 0 Å². The van der Waals surface area contributed by atoms with E-state index in [0.717, 1.165) is 46.9 Å². The lowest BCUT2D eigenvalue weighted by Gasteiger charge is -2.33. The molecule has 31 heavy (non-hydrogen) atoms. The lowest BCUT2D eigenvalue weighted by Crippen LogP contribution is -2.39. The second-order valence-electron chi connectivity index (χ2n) is 8.11. The molecule has 0 unspecified atom stereocenters. The van der Waals surface area contributed by atoms with Gasteiger partial charge in [-0.05, 0) is 44.4 Å². The molecule has 0 saturated carbocycles. The molecule has 0 spiro atoms. The standard InChI is InChI=1S/C23H26FN5OS/c1-14-21(31-15(2)26-14)22(30)29-11-5-6-17(13-29)20-19(12-25-23(27-20)28(3)4)16-7-9-18(24)10-8-16/h7-10,12,17H,5-6,11,13H2,1-4H3/t17-/m0/s1. The zero-order valence-corrected chi connectivity index (χ0v) is 19.0. The van der Waals surface area contributed by atoms with Gasteiger partial charge in [-0.15, -0.1) is 11.3 Å². The predicted octanol–water partition coefficient (Wildman–Crippen LogP) is 4.44. The van der Waals surface area contributed by atoms with Crippen LogP contribution in [0, 0.1) is 19.7 Å². The maximum atomic E-state index is 13.5. The number of anilines is 1. The number of benzene rings is 1. The molecule has 0 radical (unpaired) electrons. The Morgan fingerprint density at radius 2 is 1.94 bits per heavy atom. The molecule has 8 heteroatoms. The zero-order chi connectivity index (χ0) is 22.1. The lowest BCUT2D eigenvalue weighted by molar-refractivity contribution is 0.0710. The van der Waals surface area contributed by atoms with E-state index in [1.54, 1.807) is 12.1 Å². The number of aromatic nitrogens is 3. The Morgan fingerprint density at radius 3 is 2.58 bits per heavy atom. The molecule has 0 aliphatic carbocycles. The fraction of sp³-hybridized carbons (Fsp3) is 0.391. The van der Waals surface area contributed by atoms with Crippen LogP contribution in [0.1, 0.15) is 44.8 Å². The van der Waals surface area contributed by atoms with Crippen LogP contribution in [0.5, 0.6) is 0 Å². The Hall–Kier alpha value is -2.87. The summed E-state index contributed by atoms with van der Waals surface area (Å²) in [6, 6.07) is 6.40. The van der Waals surface area contributed by atoms with Crippen LogP contribution in [0.3, 0.4) is 0 Å². The van der Waals surface area contributed by atoms with Crippen LogP contribution in [0.15, 0.2) is 30.5 Å². The summed E-state index contributed by atoms with van der Waals surface area (Å²) in [5.41, 5.74) is 3.45. The lowest BCUT2D eigenvalue weighted by atomic mass is 9.90. The Morgan fingerprint density at radius 1 is 1.19 bits per heavy atom. The van der Waals surface area contributed by atoms with Crippen molar-refractivity contribution in [3.63, 3.8) is 0 Å². The van der Waals surface area contributed by atoms with Crippen molar-refractivity contribution in [2.45, 2.75) is 32.6 Å². The second-order valence-corrected chi connectivity index (χ2v) is 9.31. The van der Waals surface area contributed by atoms with Gasteiger partial charge >= 0.3 is 0 Å². The van der Waals surface area contributed by atoms with E-state index in [2.05, 4.69) is 9.97 Å². The minimum Gasteiger partial charge on any atom is -0.347 e. The van der Waals surface area contributed by atoms with Gasteiger partial charge in [0.2, 0.25) is 5.95 Å². The molecule has 1 amide bonds. The van der Waals surface area contributed by atoms with Crippen molar-refractivity contribution in [3.05, 3.63) is 57.6 Å². The van der Waals surface area contributed by atoms with Crippen LogP contribution in [0.2, 0.25) is 0 Å². The number of rotatable bonds is 4. The van der Waals surface area contributed by atoms with Gasteiger partial charge in [0, 0.05) is 44.9 Å². The first kappa shape index (κ1) is 21.4. The summed E-state index contributed by atoms with van der Waals surface area (Å²) in [4.78, 5) is 31.4. The zero-order valence-electron chi connectivity index (χ0n) is 18.2. The molecule has 0 bridgehead atoms. The number of hydrogen-bond donors (Lipinski definition) is 0. The molecule has 4 rings (SSSR count). The molecule has 1 aliphatic rings. The number of likely N-dealkylation sites (tertiary alicyclic amines) is 1. The van der Waals surface area contributed by atoms with Crippen LogP contribution in [-0.4, -0.2) is 52.9 Å². The van der Waals surface area contributed by atoms with E-state index in [1.807, 2.05) is 43.9 Å². The SMILES string of the molecule is Cc1nc(C)c(C(=O)N2CCC[C@H](c3nc(N(C)C)ncc3-c3ccc(F)cc3)C2)s1. The fourth-order valence-electron chi connectivity index (χ4n) is 4.02. The summed E-state index contributed by atoms with van der Waals surface area (Å²) in [5.74, 6) is 0.464. The minimum absolute atomic E-state index is 0.0398. The van der Waals surface area contributed by atoms with Gasteiger partial charge in [-0.2, -0.15) is 0 Å². The van der Waals surface area contributed by atoms with Gasteiger partial charge in [-0.25, -0.2) is 19.3 Å². The molecule has 1 aromatic carbocycles. The summed E-state index contributed by atoms with van der Waals surface area (Å²) >= 11 is 1.45. The Balaban J connectivity index is 1.68. The fourth-order valence-corrected chi connectivity index (χ4v) is 4.91. The summed E-state index contributed by atoms with van der Waals surface area (Å²) in [5, 5.41) is 0.902. The first-order valence-electron chi connectivity index (χ1n) is 10.4. The van der Waals surface area contributed by atoms with Crippen molar-refractivity contribution < 1.29 is 9.18 Å². The number of aryl methyl sites for hydroxylation is 2. The maximum absolute atomic E-state index is 13.5. The van der Waals surface area contributed by atoms with Crippen molar-refractivity contribution in [1.82, 2.24) is 19.9 Å². The summed E-state index contributed by atoms with van der Waals surface area (Å²) in [6.07, 6.45) is 3.64. The smallest absolute Gasteiger partial charge is 0.265 e. The van der Waals surface area contributed by atoms with Crippen LogP contribution in [-0.2, 0) is 0 Å². The Kier molecular flexibility index (Phi) is 6.00. The number of carbonyl (C=O) groups excluding carboxylic acids is 1. The van der Waals surface area contributed by atoms with Crippen LogP contribution in [0.25, 0.3) is 11.1 Å². The Labute approximate surface area is 185 Å². The number of nitrogens with zero attached hydrogens (tertiary/aromatic N) is 5. The first-order chi connectivity index (χ1) is 14.8. The normalized spacial score (nSPS) is 16.4. The third-order valence-corrected chi connectivity index (χ3v) is 6.61. The number of thiazole rings is 1. The Bertz CT molecular complexity index is 1100. The molecule has 1 aliphatic heterocycles. The topological polar surface area (TPSA) is 62.2 Å². The highest BCUT2D eigenvalue weighted by molar-refractivity contribution is 7.13. The van der Waals surface area contributed by atoms with Crippen LogP contribution in [0.4, 0.5) is 10.3 Å². The van der Waals surface area contributed by atoms with E-state index in [4.69, 9.17) is 4.98 Å². The molecule has 6 nitrogen and oxygen atoms in total. The van der Waals surface area contributed by atoms with Gasteiger partial charge in [-0.1, -0.05) is 12.1 Å². The molecular formula is C23H26FN5OS. The predicted molar refractivity (Wildman–Crippen MR) is 121 cm³/mol. The number of hydrogen-bond acceptors (Lipinski definition) is 6. The van der Waals surface area contributed by atoms with E-state index in [1.165, 1.54) is 23.5 Å². The number of halogens is 1. The maximum Gasteiger partial charge on any atom is 0.265 e. The van der Waals surface area contributed by atoms with E-state index in [0.29, 0.717) is 17.4 Å². The van der Waals surface area contributed by atoms with Gasteiger partial charge < -0.3 is 9.80 Å². The number of amides is 1. The minimum atomic E-state index is -0.277. The molecule has 1 fully saturated rings. The van der Waals surface area contributed by atoms with Gasteiger partial charge in [0.1, 0.15) is 10.7 Å². The first-order valence-corrected chi connectivity index (χ1v) is 11.2. The highest BCUT2D eigenvalue weighted by atomic mass is 32.1. The molecule has 162 valence electrons. The molecule has 1 atom stereocenters. The van der Waals surface area contributed by atoms with Gasteiger partial charge in [-0.3, -0.25) is 4.79 Å². The quantitative estimate of drug-likeness (QED) is 0.601. The number of piperidine rings is 1.